The fraction of sp³-hybridized carbons (Fsp3) is 0.267. The van der Waals surface area contributed by atoms with E-state index < -0.39 is 17.9 Å². The van der Waals surface area contributed by atoms with Crippen molar-refractivity contribution in [3.8, 4) is 28.5 Å². The number of ether oxygens (including phenoxy) is 3. The molecular formula is C30H26F3IN2O6. The molecule has 0 unspecified atom stereocenters. The zero-order valence-corrected chi connectivity index (χ0v) is 25.2. The van der Waals surface area contributed by atoms with Crippen LogP contribution in [-0.4, -0.2) is 39.9 Å². The third-order valence-electron chi connectivity index (χ3n) is 6.98. The highest BCUT2D eigenvalue weighted by atomic mass is 127. The predicted molar refractivity (Wildman–Crippen MR) is 159 cm³/mol. The molecule has 0 atom stereocenters. The van der Waals surface area contributed by atoms with Crippen LogP contribution in [0.25, 0.3) is 33.1 Å². The zero-order chi connectivity index (χ0) is 30.4. The van der Waals surface area contributed by atoms with E-state index in [4.69, 9.17) is 14.0 Å². The van der Waals surface area contributed by atoms with E-state index in [0.717, 1.165) is 16.8 Å². The molecule has 0 bridgehead atoms. The van der Waals surface area contributed by atoms with Crippen molar-refractivity contribution >= 4 is 50.4 Å². The molecular weight excluding hydrogens is 668 g/mol. The zero-order valence-electron chi connectivity index (χ0n) is 23.0. The van der Waals surface area contributed by atoms with Crippen LogP contribution in [0.4, 0.5) is 13.2 Å². The normalized spacial score (nSPS) is 12.2. The number of carboxylic acids is 1. The van der Waals surface area contributed by atoms with Gasteiger partial charge >= 0.3 is 12.3 Å². The lowest BCUT2D eigenvalue weighted by Crippen LogP contribution is -2.37. The number of aromatic nitrogens is 2. The molecule has 0 aliphatic carbocycles. The summed E-state index contributed by atoms with van der Waals surface area (Å²) in [5, 5.41) is 15.2. The van der Waals surface area contributed by atoms with Crippen molar-refractivity contribution < 1.29 is 41.8 Å². The maximum Gasteiger partial charge on any atom is 0.573 e. The van der Waals surface area contributed by atoms with E-state index >= 15 is 0 Å². The summed E-state index contributed by atoms with van der Waals surface area (Å²) in [7, 11) is 1.55. The van der Waals surface area contributed by atoms with Crippen molar-refractivity contribution in [2.75, 3.05) is 7.11 Å². The molecule has 0 aliphatic heterocycles. The Bertz CT molecular complexity index is 1810. The van der Waals surface area contributed by atoms with E-state index in [1.807, 2.05) is 23.6 Å². The van der Waals surface area contributed by atoms with Crippen molar-refractivity contribution in [2.45, 2.75) is 43.7 Å². The second-order valence-corrected chi connectivity index (χ2v) is 10.9. The number of alkyl halides is 4. The molecule has 0 amide bonds. The van der Waals surface area contributed by atoms with Crippen molar-refractivity contribution in [3.05, 3.63) is 71.4 Å². The minimum atomic E-state index is -4.86. The number of rotatable bonds is 9. The first-order valence-corrected chi connectivity index (χ1v) is 14.3. The lowest BCUT2D eigenvalue weighted by molar-refractivity contribution is -0.274. The topological polar surface area (TPSA) is 96.0 Å². The van der Waals surface area contributed by atoms with Gasteiger partial charge in [-0.05, 0) is 68.3 Å². The van der Waals surface area contributed by atoms with Crippen LogP contribution in [0, 0.1) is 6.92 Å². The smallest absolute Gasteiger partial charge is 0.497 e. The maximum absolute atomic E-state index is 13.1. The van der Waals surface area contributed by atoms with Gasteiger partial charge in [0.25, 0.3) is 0 Å². The molecule has 0 spiro atoms. The lowest BCUT2D eigenvalue weighted by Gasteiger charge is -2.22. The van der Waals surface area contributed by atoms with Gasteiger partial charge in [0.1, 0.15) is 22.9 Å². The molecule has 1 N–H and O–H groups in total. The molecule has 2 aromatic heterocycles. The number of carboxylic acid groups (broad SMARTS) is 1. The molecule has 220 valence electrons. The van der Waals surface area contributed by atoms with Crippen LogP contribution in [0.1, 0.15) is 30.7 Å². The molecule has 3 aromatic carbocycles. The van der Waals surface area contributed by atoms with Crippen molar-refractivity contribution in [3.63, 3.8) is 0 Å². The third kappa shape index (κ3) is 5.72. The van der Waals surface area contributed by atoms with Gasteiger partial charge in [0.15, 0.2) is 11.2 Å². The number of fused-ring (bicyclic) bond motifs is 2. The summed E-state index contributed by atoms with van der Waals surface area (Å²) in [6.45, 7) is 5.03. The van der Waals surface area contributed by atoms with Crippen LogP contribution in [0.2, 0.25) is 0 Å². The van der Waals surface area contributed by atoms with Gasteiger partial charge < -0.3 is 28.4 Å². The molecule has 0 saturated heterocycles. The second-order valence-electron chi connectivity index (χ2n) is 10.1. The van der Waals surface area contributed by atoms with Crippen LogP contribution < -0.4 is 14.2 Å². The number of aliphatic carboxylic acids is 1. The lowest BCUT2D eigenvalue weighted by atomic mass is 10.0. The minimum absolute atomic E-state index is 0.254. The van der Waals surface area contributed by atoms with Crippen molar-refractivity contribution in [1.29, 1.82) is 0 Å². The van der Waals surface area contributed by atoms with Crippen LogP contribution in [0.3, 0.4) is 0 Å². The second kappa shape index (κ2) is 11.0. The van der Waals surface area contributed by atoms with E-state index in [9.17, 15) is 23.1 Å². The first-order valence-electron chi connectivity index (χ1n) is 12.7. The highest BCUT2D eigenvalue weighted by molar-refractivity contribution is 14.1. The number of methoxy groups -OCH3 is 1. The van der Waals surface area contributed by atoms with Gasteiger partial charge in [-0.1, -0.05) is 33.8 Å². The number of benzene rings is 3. The molecule has 5 aromatic rings. The van der Waals surface area contributed by atoms with Gasteiger partial charge in [0.05, 0.1) is 18.0 Å². The summed E-state index contributed by atoms with van der Waals surface area (Å²) in [6, 6.07) is 14.8. The highest BCUT2D eigenvalue weighted by Gasteiger charge is 2.32. The maximum atomic E-state index is 13.1. The summed E-state index contributed by atoms with van der Waals surface area (Å²) in [6.07, 6.45) is -4.86. The van der Waals surface area contributed by atoms with E-state index in [2.05, 4.69) is 32.5 Å². The molecule has 5 rings (SSSR count). The number of hydrogen-bond acceptors (Lipinski definition) is 6. The predicted octanol–water partition coefficient (Wildman–Crippen LogP) is 7.89. The fourth-order valence-corrected chi connectivity index (χ4v) is 5.58. The molecule has 0 aliphatic rings. The van der Waals surface area contributed by atoms with Crippen LogP contribution >= 0.6 is 22.6 Å². The average Bonchev–Trinajstić information content (AvgIpc) is 3.45. The van der Waals surface area contributed by atoms with Gasteiger partial charge in [-0.25, -0.2) is 4.79 Å². The van der Waals surface area contributed by atoms with Gasteiger partial charge in [-0.2, -0.15) is 0 Å². The Morgan fingerprint density at radius 3 is 2.31 bits per heavy atom. The molecule has 0 fully saturated rings. The Kier molecular flexibility index (Phi) is 7.77. The Morgan fingerprint density at radius 1 is 0.976 bits per heavy atom. The number of carbonyl (C=O) groups is 1. The van der Waals surface area contributed by atoms with Gasteiger partial charge in [0.2, 0.25) is 0 Å². The Hall–Kier alpha value is -3.94. The Labute approximate surface area is 252 Å². The van der Waals surface area contributed by atoms with Crippen LogP contribution in [0.5, 0.6) is 17.2 Å². The number of halogens is 4. The first kappa shape index (κ1) is 29.5. The molecule has 8 nitrogen and oxygen atoms in total. The standard InChI is InChI=1S/C30H26F3IN2O6/c1-16-26(27-23-10-7-19(39-4)13-25(23)42-35-27)22-9-8-21(41-30(31,32)33)12-24(22)36(16)15-18-11-20(6-5-17(18)14-34)40-29(2,3)28(37)38/h5-13H,14-15H2,1-4H3,(H,37,38). The van der Waals surface area contributed by atoms with Crippen molar-refractivity contribution in [2.24, 2.45) is 0 Å². The van der Waals surface area contributed by atoms with E-state index in [-0.39, 0.29) is 12.3 Å². The van der Waals surface area contributed by atoms with E-state index in [0.29, 0.717) is 49.1 Å². The summed E-state index contributed by atoms with van der Waals surface area (Å²) < 4.78 is 62.9. The van der Waals surface area contributed by atoms with Gasteiger partial charge in [-0.3, -0.25) is 0 Å². The largest absolute Gasteiger partial charge is 0.573 e. The van der Waals surface area contributed by atoms with Gasteiger partial charge in [0, 0.05) is 39.7 Å². The molecule has 0 radical (unpaired) electrons. The minimum Gasteiger partial charge on any atom is -0.497 e. The molecule has 0 saturated carbocycles. The molecule has 12 heteroatoms. The quantitative estimate of drug-likeness (QED) is 0.124. The van der Waals surface area contributed by atoms with Crippen LogP contribution in [-0.2, 0) is 15.8 Å². The van der Waals surface area contributed by atoms with E-state index in [1.165, 1.54) is 26.0 Å². The highest BCUT2D eigenvalue weighted by Crippen LogP contribution is 2.41. The van der Waals surface area contributed by atoms with E-state index in [1.54, 1.807) is 37.4 Å². The Morgan fingerprint density at radius 2 is 1.64 bits per heavy atom. The molecule has 2 heterocycles. The first-order chi connectivity index (χ1) is 19.8. The summed E-state index contributed by atoms with van der Waals surface area (Å²) >= 11 is 2.23. The average molecular weight is 694 g/mol. The Balaban J connectivity index is 1.69. The summed E-state index contributed by atoms with van der Waals surface area (Å²) in [4.78, 5) is 11.6. The monoisotopic (exact) mass is 694 g/mol. The van der Waals surface area contributed by atoms with Gasteiger partial charge in [-0.15, -0.1) is 13.2 Å². The molecule has 42 heavy (non-hydrogen) atoms. The number of nitrogens with zero attached hydrogens (tertiary/aromatic N) is 2. The number of hydrogen-bond donors (Lipinski definition) is 1. The SMILES string of the molecule is COc1ccc2c(-c3c(C)n(Cc4cc(OC(C)(C)C(=O)O)ccc4CI)c4cc(OC(F)(F)F)ccc34)noc2c1. The summed E-state index contributed by atoms with van der Waals surface area (Å²) in [5.74, 6) is -0.520. The van der Waals surface area contributed by atoms with Crippen molar-refractivity contribution in [1.82, 2.24) is 9.72 Å². The fourth-order valence-electron chi connectivity index (χ4n) is 4.83. The van der Waals surface area contributed by atoms with Crippen LogP contribution in [0.15, 0.2) is 59.1 Å². The third-order valence-corrected chi connectivity index (χ3v) is 7.81. The summed E-state index contributed by atoms with van der Waals surface area (Å²) in [5.41, 5.74) is 3.26.